The molecule has 2 heterocycles. The van der Waals surface area contributed by atoms with Gasteiger partial charge in [-0.3, -0.25) is 4.72 Å². The zero-order valence-electron chi connectivity index (χ0n) is 15.7. The second-order valence-corrected chi connectivity index (χ2v) is 8.98. The van der Waals surface area contributed by atoms with Gasteiger partial charge in [0.1, 0.15) is 10.0 Å². The van der Waals surface area contributed by atoms with Gasteiger partial charge < -0.3 is 15.2 Å². The number of anilines is 1. The zero-order chi connectivity index (χ0) is 21.1. The van der Waals surface area contributed by atoms with E-state index in [-0.39, 0.29) is 21.6 Å². The van der Waals surface area contributed by atoms with Crippen LogP contribution in [0.25, 0.3) is 0 Å². The number of pyridine rings is 2. The second-order valence-electron chi connectivity index (χ2n) is 6.97. The van der Waals surface area contributed by atoms with E-state index in [0.717, 1.165) is 0 Å². The minimum atomic E-state index is -4.03. The van der Waals surface area contributed by atoms with Gasteiger partial charge in [0.15, 0.2) is 0 Å². The number of carboxylic acid groups (broad SMARTS) is 1. The fourth-order valence-corrected chi connectivity index (χ4v) is 4.06. The quantitative estimate of drug-likeness (QED) is 0.601. The van der Waals surface area contributed by atoms with Crippen LogP contribution in [0.1, 0.15) is 32.4 Å². The molecule has 2 aromatic heterocycles. The lowest BCUT2D eigenvalue weighted by molar-refractivity contribution is 0.174. The lowest BCUT2D eigenvalue weighted by Crippen LogP contribution is -2.36. The topological polar surface area (TPSA) is 131 Å². The molecular weight excluding hydrogens is 408 g/mol. The summed E-state index contributed by atoms with van der Waals surface area (Å²) in [6.45, 7) is 5.50. The first-order valence-corrected chi connectivity index (χ1v) is 9.98. The average Bonchev–Trinajstić information content (AvgIpc) is 2.58. The van der Waals surface area contributed by atoms with Gasteiger partial charge in [0.05, 0.1) is 25.0 Å². The van der Waals surface area contributed by atoms with Crippen LogP contribution in [0.3, 0.4) is 0 Å². The lowest BCUT2D eigenvalue weighted by atomic mass is 9.82. The first kappa shape index (κ1) is 21.7. The molecule has 0 aliphatic carbocycles. The third-order valence-corrected chi connectivity index (χ3v) is 5.61. The fraction of sp³-hybridized carbons (Fsp3) is 0.353. The Morgan fingerprint density at radius 2 is 2.00 bits per heavy atom. The van der Waals surface area contributed by atoms with Crippen molar-refractivity contribution in [1.29, 1.82) is 0 Å². The molecule has 28 heavy (non-hydrogen) atoms. The van der Waals surface area contributed by atoms with E-state index in [9.17, 15) is 18.3 Å². The zero-order valence-corrected chi connectivity index (χ0v) is 17.3. The molecule has 1 amide bonds. The number of sulfonamides is 1. The molecule has 1 unspecified atom stereocenters. The predicted octanol–water partition coefficient (Wildman–Crippen LogP) is 3.29. The number of carbonyl (C=O) groups is 1. The summed E-state index contributed by atoms with van der Waals surface area (Å²) < 4.78 is 32.9. The number of nitrogens with one attached hydrogen (secondary N) is 2. The number of rotatable bonds is 6. The average molecular weight is 429 g/mol. The predicted molar refractivity (Wildman–Crippen MR) is 104 cm³/mol. The van der Waals surface area contributed by atoms with E-state index in [4.69, 9.17) is 16.3 Å². The van der Waals surface area contributed by atoms with Gasteiger partial charge >= 0.3 is 6.09 Å². The van der Waals surface area contributed by atoms with Gasteiger partial charge in [-0.05, 0) is 23.6 Å². The molecule has 0 saturated carbocycles. The monoisotopic (exact) mass is 428 g/mol. The van der Waals surface area contributed by atoms with Crippen LogP contribution in [0.2, 0.25) is 5.15 Å². The molecule has 0 fully saturated rings. The smallest absolute Gasteiger partial charge is 0.405 e. The van der Waals surface area contributed by atoms with E-state index in [2.05, 4.69) is 20.0 Å². The van der Waals surface area contributed by atoms with Gasteiger partial charge in [-0.1, -0.05) is 32.4 Å². The molecule has 9 nitrogen and oxygen atoms in total. The summed E-state index contributed by atoms with van der Waals surface area (Å²) in [7, 11) is -2.63. The van der Waals surface area contributed by atoms with Crippen molar-refractivity contribution in [2.75, 3.05) is 11.8 Å². The van der Waals surface area contributed by atoms with E-state index in [1.807, 2.05) is 20.8 Å². The SMILES string of the molecule is COc1ncc(NS(=O)(=O)c2cccnc2Cl)cc1C(NC(=O)O)C(C)(C)C. The molecule has 2 aromatic rings. The summed E-state index contributed by atoms with van der Waals surface area (Å²) in [5.74, 6) is 0.177. The Labute approximate surface area is 168 Å². The van der Waals surface area contributed by atoms with Gasteiger partial charge in [0.25, 0.3) is 10.0 Å². The maximum atomic E-state index is 12.6. The molecule has 152 valence electrons. The highest BCUT2D eigenvalue weighted by Crippen LogP contribution is 2.38. The van der Waals surface area contributed by atoms with E-state index in [1.165, 1.54) is 37.7 Å². The molecule has 1 atom stereocenters. The Kier molecular flexibility index (Phi) is 6.35. The summed E-state index contributed by atoms with van der Waals surface area (Å²) >= 11 is 5.88. The van der Waals surface area contributed by atoms with Crippen LogP contribution in [-0.4, -0.2) is 36.7 Å². The standard InChI is InChI=1S/C17H21ClN4O5S/c1-17(2,3)13(21-16(23)24)11-8-10(9-20-15(11)27-4)22-28(25,26)12-6-5-7-19-14(12)18/h5-9,13,21-22H,1-4H3,(H,23,24). The van der Waals surface area contributed by atoms with Crippen molar-refractivity contribution in [2.24, 2.45) is 5.41 Å². The second kappa shape index (κ2) is 8.19. The minimum absolute atomic E-state index is 0.122. The van der Waals surface area contributed by atoms with Gasteiger partial charge in [0.2, 0.25) is 5.88 Å². The molecule has 0 aromatic carbocycles. The fourth-order valence-electron chi connectivity index (χ4n) is 2.57. The van der Waals surface area contributed by atoms with Crippen LogP contribution in [0, 0.1) is 5.41 Å². The summed E-state index contributed by atoms with van der Waals surface area (Å²) in [4.78, 5) is 18.9. The third kappa shape index (κ3) is 5.02. The summed E-state index contributed by atoms with van der Waals surface area (Å²) in [6, 6.07) is 3.53. The normalized spacial score (nSPS) is 12.9. The number of halogens is 1. The Morgan fingerprint density at radius 1 is 1.32 bits per heavy atom. The minimum Gasteiger partial charge on any atom is -0.481 e. The van der Waals surface area contributed by atoms with Gasteiger partial charge in [0, 0.05) is 11.8 Å². The first-order valence-electron chi connectivity index (χ1n) is 8.12. The van der Waals surface area contributed by atoms with Gasteiger partial charge in [-0.25, -0.2) is 23.2 Å². The van der Waals surface area contributed by atoms with Crippen molar-refractivity contribution >= 4 is 33.4 Å². The molecule has 0 saturated heterocycles. The highest BCUT2D eigenvalue weighted by atomic mass is 35.5. The molecule has 2 rings (SSSR count). The number of hydrogen-bond donors (Lipinski definition) is 3. The highest BCUT2D eigenvalue weighted by molar-refractivity contribution is 7.92. The van der Waals surface area contributed by atoms with Crippen molar-refractivity contribution in [3.63, 3.8) is 0 Å². The Morgan fingerprint density at radius 3 is 2.54 bits per heavy atom. The summed E-state index contributed by atoms with van der Waals surface area (Å²) in [6.07, 6.45) is 1.42. The van der Waals surface area contributed by atoms with Crippen molar-refractivity contribution in [2.45, 2.75) is 31.7 Å². The Hall–Kier alpha value is -2.59. The summed E-state index contributed by atoms with van der Waals surface area (Å²) in [5, 5.41) is 11.5. The van der Waals surface area contributed by atoms with Crippen LogP contribution >= 0.6 is 11.6 Å². The van der Waals surface area contributed by atoms with Gasteiger partial charge in [-0.15, -0.1) is 0 Å². The van der Waals surface area contributed by atoms with E-state index in [0.29, 0.717) is 5.56 Å². The molecular formula is C17H21ClN4O5S. The largest absolute Gasteiger partial charge is 0.481 e. The number of nitrogens with zero attached hydrogens (tertiary/aromatic N) is 2. The maximum Gasteiger partial charge on any atom is 0.405 e. The highest BCUT2D eigenvalue weighted by Gasteiger charge is 2.31. The van der Waals surface area contributed by atoms with E-state index in [1.54, 1.807) is 0 Å². The molecule has 0 bridgehead atoms. The number of amides is 1. The molecule has 3 N–H and O–H groups in total. The van der Waals surface area contributed by atoms with Crippen LogP contribution in [0.4, 0.5) is 10.5 Å². The molecule has 0 aliphatic heterocycles. The molecule has 0 aliphatic rings. The lowest BCUT2D eigenvalue weighted by Gasteiger charge is -2.31. The third-order valence-electron chi connectivity index (χ3n) is 3.78. The number of aromatic nitrogens is 2. The first-order chi connectivity index (χ1) is 13.0. The van der Waals surface area contributed by atoms with Crippen LogP contribution in [0.5, 0.6) is 5.88 Å². The Bertz CT molecular complexity index is 976. The molecule has 0 radical (unpaired) electrons. The van der Waals surface area contributed by atoms with Crippen molar-refractivity contribution < 1.29 is 23.1 Å². The summed E-state index contributed by atoms with van der Waals surface area (Å²) in [5.41, 5.74) is -0.0376. The van der Waals surface area contributed by atoms with Crippen molar-refractivity contribution in [3.05, 3.63) is 41.3 Å². The Balaban J connectivity index is 2.50. The molecule has 0 spiro atoms. The molecule has 11 heteroatoms. The number of methoxy groups -OCH3 is 1. The number of ether oxygens (including phenoxy) is 1. The van der Waals surface area contributed by atoms with E-state index >= 15 is 0 Å². The maximum absolute atomic E-state index is 12.6. The van der Waals surface area contributed by atoms with Crippen LogP contribution < -0.4 is 14.8 Å². The van der Waals surface area contributed by atoms with Crippen molar-refractivity contribution in [3.8, 4) is 5.88 Å². The van der Waals surface area contributed by atoms with Gasteiger partial charge in [-0.2, -0.15) is 0 Å². The number of hydrogen-bond acceptors (Lipinski definition) is 6. The van der Waals surface area contributed by atoms with Crippen molar-refractivity contribution in [1.82, 2.24) is 15.3 Å². The van der Waals surface area contributed by atoms with Crippen LogP contribution in [-0.2, 0) is 10.0 Å². The van der Waals surface area contributed by atoms with Crippen LogP contribution in [0.15, 0.2) is 35.5 Å². The van der Waals surface area contributed by atoms with E-state index < -0.39 is 27.6 Å².